The van der Waals surface area contributed by atoms with E-state index in [1.165, 1.54) is 7.11 Å². The number of ether oxygens (including phenoxy) is 1. The predicted molar refractivity (Wildman–Crippen MR) is 44.5 cm³/mol. The van der Waals surface area contributed by atoms with Crippen LogP contribution in [0, 0.1) is 11.8 Å². The highest BCUT2D eigenvalue weighted by atomic mass is 16.5. The average Bonchev–Trinajstić information content (AvgIpc) is 2.03. The molecular formula is C9H16O3. The summed E-state index contributed by atoms with van der Waals surface area (Å²) >= 11 is 0. The number of carbonyl (C=O) groups is 1. The highest BCUT2D eigenvalue weighted by Gasteiger charge is 2.32. The molecule has 3 atom stereocenters. The van der Waals surface area contributed by atoms with Crippen LogP contribution in [0.2, 0.25) is 0 Å². The van der Waals surface area contributed by atoms with E-state index in [1.54, 1.807) is 0 Å². The molecule has 0 bridgehead atoms. The van der Waals surface area contributed by atoms with Crippen LogP contribution in [0.4, 0.5) is 0 Å². The van der Waals surface area contributed by atoms with Crippen LogP contribution in [0.15, 0.2) is 0 Å². The largest absolute Gasteiger partial charge is 0.469 e. The maximum Gasteiger partial charge on any atom is 0.311 e. The quantitative estimate of drug-likeness (QED) is 0.599. The molecule has 0 spiro atoms. The number of methoxy groups -OCH3 is 1. The van der Waals surface area contributed by atoms with Crippen LogP contribution in [-0.4, -0.2) is 24.3 Å². The van der Waals surface area contributed by atoms with Crippen molar-refractivity contribution in [3.63, 3.8) is 0 Å². The van der Waals surface area contributed by atoms with Crippen LogP contribution in [0.3, 0.4) is 0 Å². The summed E-state index contributed by atoms with van der Waals surface area (Å²) in [5, 5.41) is 9.54. The number of aliphatic hydroxyl groups excluding tert-OH is 1. The van der Waals surface area contributed by atoms with Crippen LogP contribution in [0.1, 0.15) is 26.2 Å². The Hall–Kier alpha value is -0.570. The Balaban J connectivity index is 2.50. The van der Waals surface area contributed by atoms with Crippen LogP contribution in [0.5, 0.6) is 0 Å². The topological polar surface area (TPSA) is 46.5 Å². The standard InChI is InChI=1S/C9H16O3/c1-6-3-4-7(8(10)5-6)9(11)12-2/h6-8,10H,3-5H2,1-2H3/t6-,7+,8-/m0/s1. The Morgan fingerprint density at radius 3 is 2.67 bits per heavy atom. The van der Waals surface area contributed by atoms with Gasteiger partial charge in [0.25, 0.3) is 0 Å². The number of aliphatic hydroxyl groups is 1. The molecule has 0 radical (unpaired) electrons. The number of carbonyl (C=O) groups excluding carboxylic acids is 1. The monoisotopic (exact) mass is 172 g/mol. The summed E-state index contributed by atoms with van der Waals surface area (Å²) in [6, 6.07) is 0. The third-order valence-corrected chi connectivity index (χ3v) is 2.58. The summed E-state index contributed by atoms with van der Waals surface area (Å²) in [5.41, 5.74) is 0. The average molecular weight is 172 g/mol. The van der Waals surface area contributed by atoms with Crippen molar-refractivity contribution in [2.24, 2.45) is 11.8 Å². The minimum atomic E-state index is -0.499. The van der Waals surface area contributed by atoms with E-state index in [0.29, 0.717) is 5.92 Å². The summed E-state index contributed by atoms with van der Waals surface area (Å²) in [4.78, 5) is 11.1. The van der Waals surface area contributed by atoms with Gasteiger partial charge in [0.15, 0.2) is 0 Å². The molecule has 70 valence electrons. The first-order chi connectivity index (χ1) is 5.65. The molecular weight excluding hydrogens is 156 g/mol. The second kappa shape index (κ2) is 3.90. The molecule has 1 rings (SSSR count). The molecule has 0 saturated heterocycles. The van der Waals surface area contributed by atoms with E-state index in [4.69, 9.17) is 0 Å². The van der Waals surface area contributed by atoms with Gasteiger partial charge in [-0.25, -0.2) is 0 Å². The zero-order valence-electron chi connectivity index (χ0n) is 7.62. The molecule has 3 nitrogen and oxygen atoms in total. The Morgan fingerprint density at radius 2 is 2.17 bits per heavy atom. The molecule has 1 saturated carbocycles. The molecule has 1 aliphatic rings. The second-order valence-corrected chi connectivity index (χ2v) is 3.62. The van der Waals surface area contributed by atoms with Gasteiger partial charge >= 0.3 is 5.97 Å². The molecule has 1 aliphatic carbocycles. The van der Waals surface area contributed by atoms with Crippen LogP contribution in [0.25, 0.3) is 0 Å². The Bertz CT molecular complexity index is 167. The number of esters is 1. The SMILES string of the molecule is COC(=O)[C@@H]1CC[C@H](C)C[C@@H]1O. The van der Waals surface area contributed by atoms with Crippen molar-refractivity contribution < 1.29 is 14.6 Å². The summed E-state index contributed by atoms with van der Waals surface area (Å²) in [7, 11) is 1.37. The zero-order chi connectivity index (χ0) is 9.14. The fraction of sp³-hybridized carbons (Fsp3) is 0.889. The normalized spacial score (nSPS) is 36.1. The summed E-state index contributed by atoms with van der Waals surface area (Å²) in [5.74, 6) is -0.0264. The van der Waals surface area contributed by atoms with Crippen molar-refractivity contribution in [1.29, 1.82) is 0 Å². The Labute approximate surface area is 72.7 Å². The van der Waals surface area contributed by atoms with Gasteiger partial charge in [0, 0.05) is 0 Å². The van der Waals surface area contributed by atoms with Crippen molar-refractivity contribution in [1.82, 2.24) is 0 Å². The lowest BCUT2D eigenvalue weighted by Crippen LogP contribution is -2.34. The first-order valence-electron chi connectivity index (χ1n) is 4.41. The third-order valence-electron chi connectivity index (χ3n) is 2.58. The van der Waals surface area contributed by atoms with E-state index in [0.717, 1.165) is 19.3 Å². The van der Waals surface area contributed by atoms with Crippen molar-refractivity contribution in [3.05, 3.63) is 0 Å². The highest BCUT2D eigenvalue weighted by Crippen LogP contribution is 2.29. The molecule has 0 heterocycles. The van der Waals surface area contributed by atoms with E-state index in [2.05, 4.69) is 11.7 Å². The van der Waals surface area contributed by atoms with Gasteiger partial charge in [-0.15, -0.1) is 0 Å². The first-order valence-corrected chi connectivity index (χ1v) is 4.41. The smallest absolute Gasteiger partial charge is 0.311 e. The third kappa shape index (κ3) is 1.97. The fourth-order valence-electron chi connectivity index (χ4n) is 1.78. The van der Waals surface area contributed by atoms with Crippen molar-refractivity contribution >= 4 is 5.97 Å². The summed E-state index contributed by atoms with van der Waals surface area (Å²) in [6.07, 6.45) is 1.99. The van der Waals surface area contributed by atoms with Crippen molar-refractivity contribution in [3.8, 4) is 0 Å². The highest BCUT2D eigenvalue weighted by molar-refractivity contribution is 5.73. The predicted octanol–water partition coefficient (Wildman–Crippen LogP) is 0.956. The maximum atomic E-state index is 11.1. The lowest BCUT2D eigenvalue weighted by molar-refractivity contribution is -0.151. The van der Waals surface area contributed by atoms with Gasteiger partial charge in [0.05, 0.1) is 19.1 Å². The van der Waals surface area contributed by atoms with Gasteiger partial charge in [-0.3, -0.25) is 4.79 Å². The molecule has 0 amide bonds. The maximum absolute atomic E-state index is 11.1. The number of hydrogen-bond donors (Lipinski definition) is 1. The van der Waals surface area contributed by atoms with E-state index in [9.17, 15) is 9.90 Å². The van der Waals surface area contributed by atoms with Gasteiger partial charge in [0.1, 0.15) is 0 Å². The Kier molecular flexibility index (Phi) is 3.09. The molecule has 0 aromatic carbocycles. The molecule has 0 unspecified atom stereocenters. The van der Waals surface area contributed by atoms with E-state index in [-0.39, 0.29) is 11.9 Å². The minimum absolute atomic E-state index is 0.269. The van der Waals surface area contributed by atoms with E-state index < -0.39 is 6.10 Å². The van der Waals surface area contributed by atoms with Gasteiger partial charge in [-0.05, 0) is 25.2 Å². The molecule has 1 fully saturated rings. The first kappa shape index (κ1) is 9.52. The lowest BCUT2D eigenvalue weighted by Gasteiger charge is -2.29. The molecule has 12 heavy (non-hydrogen) atoms. The van der Waals surface area contributed by atoms with Crippen molar-refractivity contribution in [2.45, 2.75) is 32.3 Å². The van der Waals surface area contributed by atoms with E-state index >= 15 is 0 Å². The molecule has 0 aromatic rings. The van der Waals surface area contributed by atoms with Crippen LogP contribution < -0.4 is 0 Å². The second-order valence-electron chi connectivity index (χ2n) is 3.62. The van der Waals surface area contributed by atoms with Crippen LogP contribution in [-0.2, 0) is 9.53 Å². The molecule has 0 aromatic heterocycles. The fourth-order valence-corrected chi connectivity index (χ4v) is 1.78. The Morgan fingerprint density at radius 1 is 1.50 bits per heavy atom. The lowest BCUT2D eigenvalue weighted by atomic mass is 9.81. The summed E-state index contributed by atoms with van der Waals surface area (Å²) < 4.78 is 4.60. The minimum Gasteiger partial charge on any atom is -0.469 e. The van der Waals surface area contributed by atoms with Crippen molar-refractivity contribution in [2.75, 3.05) is 7.11 Å². The van der Waals surface area contributed by atoms with Gasteiger partial charge in [0.2, 0.25) is 0 Å². The number of hydrogen-bond acceptors (Lipinski definition) is 3. The molecule has 3 heteroatoms. The zero-order valence-corrected chi connectivity index (χ0v) is 7.62. The molecule has 1 N–H and O–H groups in total. The molecule has 0 aliphatic heterocycles. The number of rotatable bonds is 1. The van der Waals surface area contributed by atoms with Gasteiger partial charge in [-0.2, -0.15) is 0 Å². The van der Waals surface area contributed by atoms with E-state index in [1.807, 2.05) is 0 Å². The van der Waals surface area contributed by atoms with Gasteiger partial charge in [-0.1, -0.05) is 6.92 Å². The summed E-state index contributed by atoms with van der Waals surface area (Å²) in [6.45, 7) is 2.09. The van der Waals surface area contributed by atoms with Crippen LogP contribution >= 0.6 is 0 Å². The van der Waals surface area contributed by atoms with Gasteiger partial charge < -0.3 is 9.84 Å².